The van der Waals surface area contributed by atoms with E-state index in [-0.39, 0.29) is 21.6 Å². The number of nitrogens with one attached hydrogen (secondary N) is 2. The molecule has 2 aromatic carbocycles. The third-order valence-electron chi connectivity index (χ3n) is 2.69. The maximum Gasteiger partial charge on any atom is 0.418 e. The molecule has 2 rings (SSSR count). The molecule has 8 heteroatoms. The van der Waals surface area contributed by atoms with E-state index in [1.54, 1.807) is 0 Å². The van der Waals surface area contributed by atoms with Crippen molar-refractivity contribution in [3.63, 3.8) is 0 Å². The van der Waals surface area contributed by atoms with Gasteiger partial charge in [-0.2, -0.15) is 13.2 Å². The third-order valence-corrected chi connectivity index (χ3v) is 3.19. The number of alkyl halides is 3. The summed E-state index contributed by atoms with van der Waals surface area (Å²) >= 11 is 10.7. The molecule has 0 bridgehead atoms. The highest BCUT2D eigenvalue weighted by Gasteiger charge is 2.33. The molecule has 116 valence electrons. The van der Waals surface area contributed by atoms with Crippen molar-refractivity contribution in [2.45, 2.75) is 6.18 Å². The van der Waals surface area contributed by atoms with E-state index in [0.717, 1.165) is 6.07 Å². The summed E-state index contributed by atoms with van der Waals surface area (Å²) in [7, 11) is 0. The van der Waals surface area contributed by atoms with E-state index in [0.29, 0.717) is 5.69 Å². The molecule has 0 saturated heterocycles. The van der Waals surface area contributed by atoms with Gasteiger partial charge in [0.1, 0.15) is 5.75 Å². The predicted octanol–water partition coefficient (Wildman–Crippen LogP) is 4.87. The average Bonchev–Trinajstić information content (AvgIpc) is 2.42. The quantitative estimate of drug-likeness (QED) is 0.536. The summed E-state index contributed by atoms with van der Waals surface area (Å²) in [5.74, 6) is -0.103. The number of anilines is 2. The van der Waals surface area contributed by atoms with Crippen molar-refractivity contribution < 1.29 is 18.3 Å². The fourth-order valence-electron chi connectivity index (χ4n) is 1.71. The zero-order chi connectivity index (χ0) is 16.3. The van der Waals surface area contributed by atoms with Crippen molar-refractivity contribution in [2.24, 2.45) is 0 Å². The van der Waals surface area contributed by atoms with Gasteiger partial charge in [-0.25, -0.2) is 0 Å². The number of phenols is 1. The van der Waals surface area contributed by atoms with E-state index >= 15 is 0 Å². The van der Waals surface area contributed by atoms with E-state index < -0.39 is 11.7 Å². The first-order valence-electron chi connectivity index (χ1n) is 6.00. The van der Waals surface area contributed by atoms with Crippen LogP contribution in [0.2, 0.25) is 5.02 Å². The summed E-state index contributed by atoms with van der Waals surface area (Å²) in [4.78, 5) is 0. The Morgan fingerprint density at radius 2 is 1.77 bits per heavy atom. The minimum absolute atomic E-state index is 0.0292. The first kappa shape index (κ1) is 16.4. The highest BCUT2D eigenvalue weighted by atomic mass is 35.5. The zero-order valence-corrected chi connectivity index (χ0v) is 12.5. The number of hydrogen-bond donors (Lipinski definition) is 3. The molecular formula is C14H10ClF3N2OS. The van der Waals surface area contributed by atoms with Gasteiger partial charge < -0.3 is 15.7 Å². The Hall–Kier alpha value is -1.99. The molecule has 2 aromatic rings. The molecule has 0 aromatic heterocycles. The van der Waals surface area contributed by atoms with E-state index in [2.05, 4.69) is 10.6 Å². The van der Waals surface area contributed by atoms with Crippen LogP contribution in [-0.4, -0.2) is 10.2 Å². The van der Waals surface area contributed by atoms with Crippen molar-refractivity contribution in [1.29, 1.82) is 0 Å². The normalized spacial score (nSPS) is 11.1. The van der Waals surface area contributed by atoms with Crippen LogP contribution in [-0.2, 0) is 6.18 Å². The van der Waals surface area contributed by atoms with Gasteiger partial charge in [-0.1, -0.05) is 23.7 Å². The lowest BCUT2D eigenvalue weighted by atomic mass is 10.1. The van der Waals surface area contributed by atoms with Gasteiger partial charge in [0, 0.05) is 5.69 Å². The van der Waals surface area contributed by atoms with Crippen molar-refractivity contribution in [3.05, 3.63) is 53.1 Å². The number of benzene rings is 2. The van der Waals surface area contributed by atoms with Crippen LogP contribution in [0.3, 0.4) is 0 Å². The van der Waals surface area contributed by atoms with Crippen molar-refractivity contribution in [3.8, 4) is 5.75 Å². The monoisotopic (exact) mass is 346 g/mol. The SMILES string of the molecule is Oc1ccc(NC(=S)Nc2ccccc2C(F)(F)F)cc1Cl. The lowest BCUT2D eigenvalue weighted by molar-refractivity contribution is -0.136. The van der Waals surface area contributed by atoms with E-state index in [1.807, 2.05) is 0 Å². The second-order valence-electron chi connectivity index (χ2n) is 4.29. The molecule has 3 nitrogen and oxygen atoms in total. The van der Waals surface area contributed by atoms with Crippen LogP contribution >= 0.6 is 23.8 Å². The molecule has 0 unspecified atom stereocenters. The fourth-order valence-corrected chi connectivity index (χ4v) is 2.12. The number of rotatable bonds is 2. The van der Waals surface area contributed by atoms with Crippen LogP contribution in [0.5, 0.6) is 5.75 Å². The first-order chi connectivity index (χ1) is 10.3. The maximum atomic E-state index is 12.9. The molecule has 0 atom stereocenters. The Kier molecular flexibility index (Phi) is 4.77. The summed E-state index contributed by atoms with van der Waals surface area (Å²) in [6, 6.07) is 9.24. The number of phenolic OH excluding ortho intramolecular Hbond substituents is 1. The molecule has 0 aliphatic carbocycles. The average molecular weight is 347 g/mol. The number of aromatic hydroxyl groups is 1. The highest BCUT2D eigenvalue weighted by molar-refractivity contribution is 7.80. The number of hydrogen-bond acceptors (Lipinski definition) is 2. The fraction of sp³-hybridized carbons (Fsp3) is 0.0714. The predicted molar refractivity (Wildman–Crippen MR) is 84.4 cm³/mol. The maximum absolute atomic E-state index is 12.9. The second kappa shape index (κ2) is 6.41. The van der Waals surface area contributed by atoms with E-state index in [9.17, 15) is 18.3 Å². The highest BCUT2D eigenvalue weighted by Crippen LogP contribution is 2.34. The zero-order valence-electron chi connectivity index (χ0n) is 10.9. The molecule has 3 N–H and O–H groups in total. The Morgan fingerprint density at radius 3 is 2.41 bits per heavy atom. The van der Waals surface area contributed by atoms with Crippen LogP contribution in [0.4, 0.5) is 24.5 Å². The molecule has 0 spiro atoms. The van der Waals surface area contributed by atoms with Gasteiger partial charge in [-0.15, -0.1) is 0 Å². The molecule has 0 radical (unpaired) electrons. The van der Waals surface area contributed by atoms with Gasteiger partial charge >= 0.3 is 6.18 Å². The summed E-state index contributed by atoms with van der Waals surface area (Å²) in [6.45, 7) is 0. The Bertz CT molecular complexity index is 707. The number of para-hydroxylation sites is 1. The van der Waals surface area contributed by atoms with Gasteiger partial charge in [-0.05, 0) is 42.5 Å². The summed E-state index contributed by atoms with van der Waals surface area (Å²) in [6.07, 6.45) is -4.49. The van der Waals surface area contributed by atoms with Crippen molar-refractivity contribution in [2.75, 3.05) is 10.6 Å². The first-order valence-corrected chi connectivity index (χ1v) is 6.79. The molecule has 0 aliphatic rings. The van der Waals surface area contributed by atoms with E-state index in [1.165, 1.54) is 36.4 Å². The smallest absolute Gasteiger partial charge is 0.418 e. The van der Waals surface area contributed by atoms with Crippen LogP contribution in [0.25, 0.3) is 0 Å². The van der Waals surface area contributed by atoms with Crippen LogP contribution in [0, 0.1) is 0 Å². The molecule has 0 fully saturated rings. The van der Waals surface area contributed by atoms with Gasteiger partial charge in [0.25, 0.3) is 0 Å². The Labute approximate surface area is 134 Å². The van der Waals surface area contributed by atoms with Crippen LogP contribution in [0.1, 0.15) is 5.56 Å². The number of halogens is 4. The topological polar surface area (TPSA) is 44.3 Å². The van der Waals surface area contributed by atoms with Crippen molar-refractivity contribution in [1.82, 2.24) is 0 Å². The minimum atomic E-state index is -4.49. The van der Waals surface area contributed by atoms with Crippen LogP contribution in [0.15, 0.2) is 42.5 Å². The molecule has 0 heterocycles. The lowest BCUT2D eigenvalue weighted by Crippen LogP contribution is -2.21. The number of thiocarbonyl (C=S) groups is 1. The standard InChI is InChI=1S/C14H10ClF3N2OS/c15-10-7-8(5-6-12(10)21)19-13(22)20-11-4-2-1-3-9(11)14(16,17)18/h1-7,21H,(H2,19,20,22). The van der Waals surface area contributed by atoms with Gasteiger partial charge in [0.15, 0.2) is 5.11 Å². The van der Waals surface area contributed by atoms with Crippen molar-refractivity contribution >= 4 is 40.3 Å². The lowest BCUT2D eigenvalue weighted by Gasteiger charge is -2.16. The molecule has 0 amide bonds. The summed E-state index contributed by atoms with van der Waals surface area (Å²) in [5.41, 5.74) is -0.537. The molecule has 0 saturated carbocycles. The largest absolute Gasteiger partial charge is 0.506 e. The third kappa shape index (κ3) is 4.02. The summed E-state index contributed by atoms with van der Waals surface area (Å²) in [5, 5.41) is 14.6. The van der Waals surface area contributed by atoms with Gasteiger partial charge in [-0.3, -0.25) is 0 Å². The van der Waals surface area contributed by atoms with Crippen LogP contribution < -0.4 is 10.6 Å². The minimum Gasteiger partial charge on any atom is -0.506 e. The second-order valence-corrected chi connectivity index (χ2v) is 5.10. The molecule has 22 heavy (non-hydrogen) atoms. The Morgan fingerprint density at radius 1 is 1.09 bits per heavy atom. The summed E-state index contributed by atoms with van der Waals surface area (Å²) < 4.78 is 38.6. The molecule has 0 aliphatic heterocycles. The molecular weight excluding hydrogens is 337 g/mol. The van der Waals surface area contributed by atoms with E-state index in [4.69, 9.17) is 23.8 Å². The van der Waals surface area contributed by atoms with Gasteiger partial charge in [0.2, 0.25) is 0 Å². The van der Waals surface area contributed by atoms with Gasteiger partial charge in [0.05, 0.1) is 16.3 Å². The Balaban J connectivity index is 2.14.